The second-order valence-corrected chi connectivity index (χ2v) is 10.4. The zero-order valence-electron chi connectivity index (χ0n) is 16.0. The summed E-state index contributed by atoms with van der Waals surface area (Å²) in [4.78, 5) is 8.95. The summed E-state index contributed by atoms with van der Waals surface area (Å²) in [6, 6.07) is 6.58. The molecule has 0 spiro atoms. The van der Waals surface area contributed by atoms with Gasteiger partial charge < -0.3 is 0 Å². The summed E-state index contributed by atoms with van der Waals surface area (Å²) >= 11 is 0. The number of hydrogen-bond donors (Lipinski definition) is 1. The van der Waals surface area contributed by atoms with E-state index in [9.17, 15) is 31.3 Å². The summed E-state index contributed by atoms with van der Waals surface area (Å²) in [6.07, 6.45) is 2.41. The van der Waals surface area contributed by atoms with Crippen LogP contribution in [-0.2, 0) is 20.0 Å². The van der Waals surface area contributed by atoms with E-state index in [2.05, 4.69) is 4.72 Å². The molecule has 0 atom stereocenters. The minimum atomic E-state index is -4.69. The summed E-state index contributed by atoms with van der Waals surface area (Å²) in [7, 11) is -8.54. The van der Waals surface area contributed by atoms with Gasteiger partial charge in [0.05, 0.1) is 15.5 Å². The van der Waals surface area contributed by atoms with Crippen molar-refractivity contribution in [1.82, 2.24) is 4.31 Å². The van der Waals surface area contributed by atoms with E-state index < -0.39 is 41.4 Å². The third-order valence-electron chi connectivity index (χ3n) is 4.78. The first-order valence-corrected chi connectivity index (χ1v) is 12.0. The largest absolute Gasteiger partial charge is 0.292 e. The number of anilines is 1. The highest BCUT2D eigenvalue weighted by Gasteiger charge is 2.31. The van der Waals surface area contributed by atoms with Crippen molar-refractivity contribution in [2.75, 3.05) is 17.8 Å². The van der Waals surface area contributed by atoms with Gasteiger partial charge in [0.1, 0.15) is 0 Å². The lowest BCUT2D eigenvalue weighted by atomic mass is 10.2. The van der Waals surface area contributed by atoms with Crippen LogP contribution in [0.2, 0.25) is 0 Å². The molecule has 0 saturated carbocycles. The molecule has 9 nitrogen and oxygen atoms in total. The van der Waals surface area contributed by atoms with Crippen LogP contribution in [0, 0.1) is 22.9 Å². The van der Waals surface area contributed by atoms with E-state index in [1.165, 1.54) is 16.4 Å². The topological polar surface area (TPSA) is 127 Å². The Morgan fingerprint density at radius 1 is 1.07 bits per heavy atom. The third-order valence-corrected chi connectivity index (χ3v) is 8.27. The molecule has 0 amide bonds. The van der Waals surface area contributed by atoms with Crippen LogP contribution in [0.25, 0.3) is 0 Å². The minimum absolute atomic E-state index is 0.0763. The monoisotopic (exact) mass is 457 g/mol. The Bertz CT molecular complexity index is 1190. The molecule has 162 valence electrons. The first kappa shape index (κ1) is 22.1. The van der Waals surface area contributed by atoms with Gasteiger partial charge in [-0.15, -0.1) is 0 Å². The fourth-order valence-corrected chi connectivity index (χ4v) is 6.35. The van der Waals surface area contributed by atoms with Gasteiger partial charge in [-0.2, -0.15) is 4.31 Å². The lowest BCUT2D eigenvalue weighted by Gasteiger charge is -2.26. The van der Waals surface area contributed by atoms with E-state index >= 15 is 0 Å². The number of nitrogens with zero attached hydrogens (tertiary/aromatic N) is 2. The molecule has 1 saturated heterocycles. The van der Waals surface area contributed by atoms with Crippen molar-refractivity contribution in [1.29, 1.82) is 0 Å². The Hall–Kier alpha value is -2.57. The van der Waals surface area contributed by atoms with Gasteiger partial charge in [0.2, 0.25) is 14.9 Å². The molecule has 0 aliphatic carbocycles. The van der Waals surface area contributed by atoms with Crippen LogP contribution in [0.15, 0.2) is 46.2 Å². The normalized spacial score (nSPS) is 15.7. The summed E-state index contributed by atoms with van der Waals surface area (Å²) in [6.45, 7) is 2.33. The Kier molecular flexibility index (Phi) is 6.11. The van der Waals surface area contributed by atoms with Crippen LogP contribution in [-0.4, -0.2) is 39.2 Å². The van der Waals surface area contributed by atoms with Gasteiger partial charge in [0, 0.05) is 19.2 Å². The molecular weight excluding hydrogens is 437 g/mol. The summed E-state index contributed by atoms with van der Waals surface area (Å²) < 4.78 is 68.9. The Morgan fingerprint density at radius 2 is 1.73 bits per heavy atom. The first-order chi connectivity index (χ1) is 14.0. The molecule has 0 radical (unpaired) electrons. The minimum Gasteiger partial charge on any atom is -0.279 e. The molecule has 0 unspecified atom stereocenters. The van der Waals surface area contributed by atoms with Crippen LogP contribution in [0.4, 0.5) is 15.8 Å². The highest BCUT2D eigenvalue weighted by Crippen LogP contribution is 2.30. The van der Waals surface area contributed by atoms with Crippen LogP contribution < -0.4 is 4.72 Å². The SMILES string of the molecule is Cc1ccc(NS(=O)(=O)c2c(F)cccc2[N+](=O)[O-])cc1S(=O)(=O)N1CCCCC1. The van der Waals surface area contributed by atoms with E-state index in [0.717, 1.165) is 43.5 Å². The van der Waals surface area contributed by atoms with Crippen LogP contribution >= 0.6 is 0 Å². The molecular formula is C18H20FN3O6S2. The summed E-state index contributed by atoms with van der Waals surface area (Å²) in [5.41, 5.74) is -0.648. The van der Waals surface area contributed by atoms with Crippen LogP contribution in [0.3, 0.4) is 0 Å². The molecule has 12 heteroatoms. The Labute approximate surface area is 173 Å². The molecule has 1 N–H and O–H groups in total. The molecule has 1 fully saturated rings. The number of rotatable bonds is 6. The number of halogens is 1. The molecule has 1 aliphatic heterocycles. The van der Waals surface area contributed by atoms with Crippen molar-refractivity contribution in [3.8, 4) is 0 Å². The lowest BCUT2D eigenvalue weighted by molar-refractivity contribution is -0.388. The highest BCUT2D eigenvalue weighted by molar-refractivity contribution is 7.93. The van der Waals surface area contributed by atoms with Crippen molar-refractivity contribution in [2.24, 2.45) is 0 Å². The van der Waals surface area contributed by atoms with Gasteiger partial charge in [-0.3, -0.25) is 14.8 Å². The van der Waals surface area contributed by atoms with Crippen molar-refractivity contribution in [2.45, 2.75) is 36.0 Å². The fourth-order valence-electron chi connectivity index (χ4n) is 3.30. The average Bonchev–Trinajstić information content (AvgIpc) is 2.69. The maximum absolute atomic E-state index is 14.2. The van der Waals surface area contributed by atoms with Crippen LogP contribution in [0.1, 0.15) is 24.8 Å². The second-order valence-electron chi connectivity index (χ2n) is 6.90. The molecule has 1 aliphatic rings. The van der Waals surface area contributed by atoms with Gasteiger partial charge >= 0.3 is 0 Å². The molecule has 0 aromatic heterocycles. The first-order valence-electron chi connectivity index (χ1n) is 9.10. The molecule has 2 aromatic rings. The average molecular weight is 458 g/mol. The second kappa shape index (κ2) is 8.28. The standard InChI is InChI=1S/C18H20FN3O6S2/c1-13-8-9-14(12-17(13)30(27,28)21-10-3-2-4-11-21)20-29(25,26)18-15(19)6-5-7-16(18)22(23)24/h5-9,12,20H,2-4,10-11H2,1H3. The molecule has 0 bridgehead atoms. The van der Waals surface area contributed by atoms with E-state index in [1.807, 2.05) is 0 Å². The van der Waals surface area contributed by atoms with E-state index in [0.29, 0.717) is 18.7 Å². The molecule has 2 aromatic carbocycles. The number of hydrogen-bond acceptors (Lipinski definition) is 6. The maximum Gasteiger partial charge on any atom is 0.292 e. The molecule has 30 heavy (non-hydrogen) atoms. The number of aryl methyl sites for hydroxylation is 1. The fraction of sp³-hybridized carbons (Fsp3) is 0.333. The van der Waals surface area contributed by atoms with Crippen molar-refractivity contribution in [3.63, 3.8) is 0 Å². The van der Waals surface area contributed by atoms with Crippen molar-refractivity contribution >= 4 is 31.4 Å². The van der Waals surface area contributed by atoms with Gasteiger partial charge in [-0.1, -0.05) is 18.6 Å². The number of benzene rings is 2. The maximum atomic E-state index is 14.2. The number of nitrogens with one attached hydrogen (secondary N) is 1. The number of nitro groups is 1. The summed E-state index contributed by atoms with van der Waals surface area (Å²) in [5, 5.41) is 11.1. The quantitative estimate of drug-likeness (QED) is 0.525. The van der Waals surface area contributed by atoms with Crippen molar-refractivity contribution < 1.29 is 26.1 Å². The van der Waals surface area contributed by atoms with E-state index in [-0.39, 0.29) is 10.6 Å². The van der Waals surface area contributed by atoms with E-state index in [1.54, 1.807) is 6.92 Å². The number of sulfonamides is 2. The zero-order valence-corrected chi connectivity index (χ0v) is 17.7. The summed E-state index contributed by atoms with van der Waals surface area (Å²) in [5.74, 6) is -1.29. The third kappa shape index (κ3) is 4.30. The van der Waals surface area contributed by atoms with Crippen LogP contribution in [0.5, 0.6) is 0 Å². The Balaban J connectivity index is 2.01. The zero-order chi connectivity index (χ0) is 22.1. The van der Waals surface area contributed by atoms with E-state index in [4.69, 9.17) is 0 Å². The predicted molar refractivity (Wildman–Crippen MR) is 108 cm³/mol. The smallest absolute Gasteiger partial charge is 0.279 e. The van der Waals surface area contributed by atoms with Gasteiger partial charge in [0.15, 0.2) is 5.82 Å². The predicted octanol–water partition coefficient (Wildman–Crippen LogP) is 3.02. The Morgan fingerprint density at radius 3 is 2.37 bits per heavy atom. The lowest BCUT2D eigenvalue weighted by Crippen LogP contribution is -2.36. The number of nitro benzene ring substituents is 1. The van der Waals surface area contributed by atoms with Crippen molar-refractivity contribution in [3.05, 3.63) is 57.9 Å². The number of piperidine rings is 1. The molecule has 1 heterocycles. The van der Waals surface area contributed by atoms with Gasteiger partial charge in [-0.05, 0) is 43.5 Å². The highest BCUT2D eigenvalue weighted by atomic mass is 32.2. The van der Waals surface area contributed by atoms with Gasteiger partial charge in [0.25, 0.3) is 15.7 Å². The van der Waals surface area contributed by atoms with Gasteiger partial charge in [-0.25, -0.2) is 21.2 Å². The molecule has 3 rings (SSSR count).